The Bertz CT molecular complexity index is 538. The third kappa shape index (κ3) is 2.87. The summed E-state index contributed by atoms with van der Waals surface area (Å²) in [6.07, 6.45) is 0. The number of aryl methyl sites for hydroxylation is 1. The van der Waals surface area contributed by atoms with Gasteiger partial charge in [0.2, 0.25) is 0 Å². The van der Waals surface area contributed by atoms with Crippen molar-refractivity contribution in [2.45, 2.75) is 20.1 Å². The lowest BCUT2D eigenvalue weighted by Gasteiger charge is -2.10. The van der Waals surface area contributed by atoms with Gasteiger partial charge in [0, 0.05) is 0 Å². The first kappa shape index (κ1) is 12.6. The van der Waals surface area contributed by atoms with Crippen molar-refractivity contribution in [3.63, 3.8) is 0 Å². The SMILES string of the molecule is Cc1ccccc1COc1ccc(CO)cc1F. The van der Waals surface area contributed by atoms with E-state index in [-0.39, 0.29) is 12.4 Å². The molecular formula is C15H15FO2. The van der Waals surface area contributed by atoms with E-state index in [0.29, 0.717) is 12.2 Å². The first-order chi connectivity index (χ1) is 8.70. The van der Waals surface area contributed by atoms with Gasteiger partial charge in [-0.15, -0.1) is 0 Å². The van der Waals surface area contributed by atoms with Crippen LogP contribution in [0.15, 0.2) is 42.5 Å². The molecule has 0 spiro atoms. The predicted octanol–water partition coefficient (Wildman–Crippen LogP) is 3.21. The normalized spacial score (nSPS) is 10.4. The highest BCUT2D eigenvalue weighted by Crippen LogP contribution is 2.20. The number of hydrogen-bond acceptors (Lipinski definition) is 2. The second-order valence-electron chi connectivity index (χ2n) is 4.14. The van der Waals surface area contributed by atoms with E-state index in [1.165, 1.54) is 6.07 Å². The van der Waals surface area contributed by atoms with E-state index in [1.807, 2.05) is 31.2 Å². The molecule has 2 aromatic rings. The molecule has 0 radical (unpaired) electrons. The summed E-state index contributed by atoms with van der Waals surface area (Å²) in [5.74, 6) is -0.245. The van der Waals surface area contributed by atoms with Crippen LogP contribution in [-0.2, 0) is 13.2 Å². The van der Waals surface area contributed by atoms with Gasteiger partial charge in [0.05, 0.1) is 6.61 Å². The molecular weight excluding hydrogens is 231 g/mol. The molecule has 0 unspecified atom stereocenters. The molecule has 0 aliphatic heterocycles. The fourth-order valence-electron chi connectivity index (χ4n) is 1.69. The van der Waals surface area contributed by atoms with Crippen molar-refractivity contribution in [3.05, 3.63) is 65.0 Å². The highest BCUT2D eigenvalue weighted by molar-refractivity contribution is 5.30. The van der Waals surface area contributed by atoms with Gasteiger partial charge < -0.3 is 9.84 Å². The molecule has 2 nitrogen and oxygen atoms in total. The molecule has 0 heterocycles. The highest BCUT2D eigenvalue weighted by Gasteiger charge is 2.05. The molecule has 2 rings (SSSR count). The number of aliphatic hydroxyl groups excluding tert-OH is 1. The van der Waals surface area contributed by atoms with E-state index in [2.05, 4.69) is 0 Å². The van der Waals surface area contributed by atoms with Crippen molar-refractivity contribution < 1.29 is 14.2 Å². The molecule has 0 bridgehead atoms. The van der Waals surface area contributed by atoms with E-state index < -0.39 is 5.82 Å². The minimum Gasteiger partial charge on any atom is -0.486 e. The summed E-state index contributed by atoms with van der Waals surface area (Å²) in [5.41, 5.74) is 2.68. The van der Waals surface area contributed by atoms with Crippen molar-refractivity contribution in [3.8, 4) is 5.75 Å². The van der Waals surface area contributed by atoms with Gasteiger partial charge in [0.15, 0.2) is 11.6 Å². The maximum absolute atomic E-state index is 13.6. The second-order valence-corrected chi connectivity index (χ2v) is 4.14. The van der Waals surface area contributed by atoms with Crippen LogP contribution < -0.4 is 4.74 Å². The molecule has 2 aromatic carbocycles. The average molecular weight is 246 g/mol. The third-order valence-electron chi connectivity index (χ3n) is 2.82. The summed E-state index contributed by atoms with van der Waals surface area (Å²) >= 11 is 0. The minimum atomic E-state index is -0.449. The Morgan fingerprint density at radius 1 is 1.17 bits per heavy atom. The molecule has 0 amide bonds. The standard InChI is InChI=1S/C15H15FO2/c1-11-4-2-3-5-13(11)10-18-15-7-6-12(9-17)8-14(15)16/h2-8,17H,9-10H2,1H3. The first-order valence-corrected chi connectivity index (χ1v) is 5.77. The topological polar surface area (TPSA) is 29.5 Å². The van der Waals surface area contributed by atoms with E-state index in [9.17, 15) is 4.39 Å². The molecule has 0 aliphatic carbocycles. The largest absolute Gasteiger partial charge is 0.486 e. The zero-order valence-electron chi connectivity index (χ0n) is 10.2. The number of hydrogen-bond donors (Lipinski definition) is 1. The molecule has 0 saturated carbocycles. The first-order valence-electron chi connectivity index (χ1n) is 5.77. The van der Waals surface area contributed by atoms with Gasteiger partial charge in [-0.3, -0.25) is 0 Å². The molecule has 94 valence electrons. The van der Waals surface area contributed by atoms with Crippen molar-refractivity contribution in [1.29, 1.82) is 0 Å². The number of rotatable bonds is 4. The Hall–Kier alpha value is -1.87. The Morgan fingerprint density at radius 3 is 2.61 bits per heavy atom. The molecule has 0 fully saturated rings. The third-order valence-corrected chi connectivity index (χ3v) is 2.82. The summed E-state index contributed by atoms with van der Waals surface area (Å²) in [4.78, 5) is 0. The lowest BCUT2D eigenvalue weighted by Crippen LogP contribution is -1.99. The van der Waals surface area contributed by atoms with Crippen LogP contribution >= 0.6 is 0 Å². The Morgan fingerprint density at radius 2 is 1.94 bits per heavy atom. The molecule has 0 aliphatic rings. The molecule has 0 atom stereocenters. The highest BCUT2D eigenvalue weighted by atomic mass is 19.1. The van der Waals surface area contributed by atoms with Gasteiger partial charge in [-0.25, -0.2) is 4.39 Å². The summed E-state index contributed by atoms with van der Waals surface area (Å²) in [5, 5.41) is 8.89. The van der Waals surface area contributed by atoms with Gasteiger partial charge in [-0.1, -0.05) is 30.3 Å². The Labute approximate surface area is 106 Å². The van der Waals surface area contributed by atoms with E-state index in [4.69, 9.17) is 9.84 Å². The molecule has 0 saturated heterocycles. The van der Waals surface area contributed by atoms with Crippen LogP contribution in [0.1, 0.15) is 16.7 Å². The van der Waals surface area contributed by atoms with Crippen LogP contribution in [0.4, 0.5) is 4.39 Å². The van der Waals surface area contributed by atoms with Crippen molar-refractivity contribution >= 4 is 0 Å². The summed E-state index contributed by atoms with van der Waals surface area (Å²) in [7, 11) is 0. The smallest absolute Gasteiger partial charge is 0.165 e. The molecule has 1 N–H and O–H groups in total. The second kappa shape index (κ2) is 5.65. The summed E-state index contributed by atoms with van der Waals surface area (Å²) in [6, 6.07) is 12.3. The van der Waals surface area contributed by atoms with Crippen LogP contribution in [0.25, 0.3) is 0 Å². The predicted molar refractivity (Wildman–Crippen MR) is 67.8 cm³/mol. The zero-order chi connectivity index (χ0) is 13.0. The lowest BCUT2D eigenvalue weighted by atomic mass is 10.1. The Kier molecular flexibility index (Phi) is 3.95. The maximum atomic E-state index is 13.6. The summed E-state index contributed by atoms with van der Waals surface area (Å²) < 4.78 is 19.1. The van der Waals surface area contributed by atoms with Crippen LogP contribution in [0.2, 0.25) is 0 Å². The number of halogens is 1. The Balaban J connectivity index is 2.09. The molecule has 0 aromatic heterocycles. The van der Waals surface area contributed by atoms with Crippen LogP contribution in [0, 0.1) is 12.7 Å². The van der Waals surface area contributed by atoms with Crippen LogP contribution in [-0.4, -0.2) is 5.11 Å². The van der Waals surface area contributed by atoms with Gasteiger partial charge >= 0.3 is 0 Å². The quantitative estimate of drug-likeness (QED) is 0.897. The molecule has 18 heavy (non-hydrogen) atoms. The minimum absolute atomic E-state index is 0.172. The molecule has 3 heteroatoms. The van der Waals surface area contributed by atoms with Gasteiger partial charge in [-0.05, 0) is 35.7 Å². The van der Waals surface area contributed by atoms with E-state index >= 15 is 0 Å². The van der Waals surface area contributed by atoms with Gasteiger partial charge in [-0.2, -0.15) is 0 Å². The van der Waals surface area contributed by atoms with Crippen molar-refractivity contribution in [2.24, 2.45) is 0 Å². The van der Waals surface area contributed by atoms with Crippen LogP contribution in [0.5, 0.6) is 5.75 Å². The van der Waals surface area contributed by atoms with Gasteiger partial charge in [0.25, 0.3) is 0 Å². The van der Waals surface area contributed by atoms with Crippen molar-refractivity contribution in [1.82, 2.24) is 0 Å². The van der Waals surface area contributed by atoms with Crippen molar-refractivity contribution in [2.75, 3.05) is 0 Å². The van der Waals surface area contributed by atoms with E-state index in [1.54, 1.807) is 12.1 Å². The fourth-order valence-corrected chi connectivity index (χ4v) is 1.69. The maximum Gasteiger partial charge on any atom is 0.165 e. The summed E-state index contributed by atoms with van der Waals surface area (Å²) in [6.45, 7) is 2.15. The number of benzene rings is 2. The van der Waals surface area contributed by atoms with Crippen LogP contribution in [0.3, 0.4) is 0 Å². The fraction of sp³-hybridized carbons (Fsp3) is 0.200. The number of ether oxygens (including phenoxy) is 1. The number of aliphatic hydroxyl groups is 1. The monoisotopic (exact) mass is 246 g/mol. The van der Waals surface area contributed by atoms with E-state index in [0.717, 1.165) is 11.1 Å². The average Bonchev–Trinajstić information content (AvgIpc) is 2.39. The lowest BCUT2D eigenvalue weighted by molar-refractivity contribution is 0.276. The zero-order valence-corrected chi connectivity index (χ0v) is 10.2. The van der Waals surface area contributed by atoms with Gasteiger partial charge in [0.1, 0.15) is 6.61 Å².